The summed E-state index contributed by atoms with van der Waals surface area (Å²) in [5.74, 6) is -0.162. The summed E-state index contributed by atoms with van der Waals surface area (Å²) in [6, 6.07) is 14.4. The van der Waals surface area contributed by atoms with Crippen molar-refractivity contribution in [1.82, 2.24) is 6.15 Å². The van der Waals surface area contributed by atoms with Gasteiger partial charge in [0.1, 0.15) is 0 Å². The summed E-state index contributed by atoms with van der Waals surface area (Å²) in [6.07, 6.45) is 0. The summed E-state index contributed by atoms with van der Waals surface area (Å²) in [4.78, 5) is 0. The van der Waals surface area contributed by atoms with Crippen molar-refractivity contribution >= 4 is 0 Å². The lowest BCUT2D eigenvalue weighted by Crippen LogP contribution is -1.78. The average molecular weight is 203 g/mol. The summed E-state index contributed by atoms with van der Waals surface area (Å²) < 4.78 is 0. The molecule has 0 spiro atoms. The number of hydrogen-bond donors (Lipinski definition) is 3. The predicted octanol–water partition coefficient (Wildman–Crippen LogP) is 2.93. The molecule has 0 aromatic heterocycles. The fourth-order valence-corrected chi connectivity index (χ4v) is 1.38. The van der Waals surface area contributed by atoms with Crippen LogP contribution in [0, 0.1) is 0 Å². The maximum atomic E-state index is 9.60. The van der Waals surface area contributed by atoms with E-state index in [9.17, 15) is 10.2 Å². The molecule has 2 rings (SSSR count). The average Bonchev–Trinajstić information content (AvgIpc) is 2.23. The van der Waals surface area contributed by atoms with Crippen LogP contribution >= 0.6 is 0 Å². The van der Waals surface area contributed by atoms with E-state index >= 15 is 0 Å². The Labute approximate surface area is 88.2 Å². The van der Waals surface area contributed by atoms with Crippen LogP contribution in [-0.2, 0) is 0 Å². The molecule has 0 saturated heterocycles. The molecule has 0 radical (unpaired) electrons. The van der Waals surface area contributed by atoms with Crippen LogP contribution in [0.4, 0.5) is 0 Å². The molecule has 0 aliphatic carbocycles. The van der Waals surface area contributed by atoms with E-state index in [1.165, 1.54) is 6.07 Å². The Kier molecular flexibility index (Phi) is 3.31. The number of rotatable bonds is 1. The number of aromatic hydroxyl groups is 2. The SMILES string of the molecule is N.Oc1cccc(-c2ccccc2)c1O. The second-order valence-corrected chi connectivity index (χ2v) is 3.04. The number of phenols is 2. The molecular weight excluding hydrogens is 190 g/mol. The van der Waals surface area contributed by atoms with E-state index in [1.807, 2.05) is 30.3 Å². The van der Waals surface area contributed by atoms with E-state index in [2.05, 4.69) is 0 Å². The minimum Gasteiger partial charge on any atom is -0.504 e. The minimum atomic E-state index is -0.0913. The molecule has 0 amide bonds. The zero-order valence-electron chi connectivity index (χ0n) is 8.22. The number of phenolic OH excluding ortho intramolecular Hbond substituents is 2. The van der Waals surface area contributed by atoms with Crippen molar-refractivity contribution in [2.45, 2.75) is 0 Å². The Hall–Kier alpha value is -2.00. The second kappa shape index (κ2) is 4.48. The van der Waals surface area contributed by atoms with Crippen molar-refractivity contribution in [2.75, 3.05) is 0 Å². The van der Waals surface area contributed by atoms with Crippen LogP contribution in [0.2, 0.25) is 0 Å². The molecule has 2 aromatic carbocycles. The van der Waals surface area contributed by atoms with Crippen molar-refractivity contribution in [3.05, 3.63) is 48.5 Å². The van der Waals surface area contributed by atoms with Gasteiger partial charge in [-0.25, -0.2) is 0 Å². The van der Waals surface area contributed by atoms with Gasteiger partial charge in [-0.1, -0.05) is 42.5 Å². The zero-order chi connectivity index (χ0) is 9.97. The van der Waals surface area contributed by atoms with E-state index < -0.39 is 0 Å². The predicted molar refractivity (Wildman–Crippen MR) is 60.2 cm³/mol. The molecule has 5 N–H and O–H groups in total. The Morgan fingerprint density at radius 3 is 2.07 bits per heavy atom. The van der Waals surface area contributed by atoms with Crippen LogP contribution in [-0.4, -0.2) is 10.2 Å². The molecule has 0 fully saturated rings. The Morgan fingerprint density at radius 2 is 1.40 bits per heavy atom. The highest BCUT2D eigenvalue weighted by atomic mass is 16.3. The highest BCUT2D eigenvalue weighted by Crippen LogP contribution is 2.35. The standard InChI is InChI=1S/C12H10O2.H3N/c13-11-8-4-7-10(12(11)14)9-5-2-1-3-6-9;/h1-8,13-14H;1H3. The van der Waals surface area contributed by atoms with E-state index in [4.69, 9.17) is 0 Å². The van der Waals surface area contributed by atoms with Crippen LogP contribution in [0.1, 0.15) is 0 Å². The summed E-state index contributed by atoms with van der Waals surface area (Å²) in [5.41, 5.74) is 1.53. The smallest absolute Gasteiger partial charge is 0.165 e. The van der Waals surface area contributed by atoms with Gasteiger partial charge < -0.3 is 16.4 Å². The van der Waals surface area contributed by atoms with Crippen LogP contribution < -0.4 is 6.15 Å². The maximum absolute atomic E-state index is 9.60. The van der Waals surface area contributed by atoms with Gasteiger partial charge in [0, 0.05) is 5.56 Å². The molecule has 0 bridgehead atoms. The summed E-state index contributed by atoms with van der Waals surface area (Å²) in [6.45, 7) is 0. The van der Waals surface area contributed by atoms with Gasteiger partial charge in [-0.15, -0.1) is 0 Å². The molecule has 15 heavy (non-hydrogen) atoms. The van der Waals surface area contributed by atoms with Crippen LogP contribution in [0.5, 0.6) is 11.5 Å². The Morgan fingerprint density at radius 1 is 0.733 bits per heavy atom. The third-order valence-corrected chi connectivity index (χ3v) is 2.10. The van der Waals surface area contributed by atoms with Crippen molar-refractivity contribution in [1.29, 1.82) is 0 Å². The van der Waals surface area contributed by atoms with Crippen molar-refractivity contribution < 1.29 is 10.2 Å². The largest absolute Gasteiger partial charge is 0.504 e. The van der Waals surface area contributed by atoms with Crippen molar-refractivity contribution in [2.24, 2.45) is 0 Å². The van der Waals surface area contributed by atoms with Gasteiger partial charge in [0.2, 0.25) is 0 Å². The first kappa shape index (κ1) is 11.1. The first-order valence-corrected chi connectivity index (χ1v) is 4.35. The zero-order valence-corrected chi connectivity index (χ0v) is 8.22. The fourth-order valence-electron chi connectivity index (χ4n) is 1.38. The lowest BCUT2D eigenvalue weighted by Gasteiger charge is -2.05. The molecule has 0 saturated carbocycles. The molecule has 2 aromatic rings. The highest BCUT2D eigenvalue weighted by Gasteiger charge is 2.06. The van der Waals surface area contributed by atoms with Gasteiger partial charge >= 0.3 is 0 Å². The highest BCUT2D eigenvalue weighted by molar-refractivity contribution is 5.72. The van der Waals surface area contributed by atoms with E-state index in [0.29, 0.717) is 5.56 Å². The van der Waals surface area contributed by atoms with Gasteiger partial charge in [0.15, 0.2) is 11.5 Å². The molecule has 0 aliphatic heterocycles. The maximum Gasteiger partial charge on any atom is 0.165 e. The second-order valence-electron chi connectivity index (χ2n) is 3.04. The van der Waals surface area contributed by atoms with Crippen LogP contribution in [0.25, 0.3) is 11.1 Å². The van der Waals surface area contributed by atoms with Gasteiger partial charge in [-0.2, -0.15) is 0 Å². The van der Waals surface area contributed by atoms with Gasteiger partial charge in [0.05, 0.1) is 0 Å². The molecule has 3 nitrogen and oxygen atoms in total. The van der Waals surface area contributed by atoms with E-state index in [1.54, 1.807) is 12.1 Å². The monoisotopic (exact) mass is 203 g/mol. The topological polar surface area (TPSA) is 75.5 Å². The molecule has 3 heteroatoms. The normalized spacial score (nSPS) is 9.33. The third-order valence-electron chi connectivity index (χ3n) is 2.10. The quantitative estimate of drug-likeness (QED) is 0.624. The first-order valence-electron chi connectivity index (χ1n) is 4.35. The summed E-state index contributed by atoms with van der Waals surface area (Å²) in [5, 5.41) is 18.9. The lowest BCUT2D eigenvalue weighted by atomic mass is 10.0. The van der Waals surface area contributed by atoms with Crippen molar-refractivity contribution in [3.8, 4) is 22.6 Å². The number of para-hydroxylation sites is 1. The molecule has 78 valence electrons. The molecule has 0 unspecified atom stereocenters. The first-order chi connectivity index (χ1) is 6.79. The van der Waals surface area contributed by atoms with Crippen molar-refractivity contribution in [3.63, 3.8) is 0 Å². The van der Waals surface area contributed by atoms with E-state index in [0.717, 1.165) is 5.56 Å². The Balaban J connectivity index is 0.00000112. The molecular formula is C12H13NO2. The molecule has 0 atom stereocenters. The van der Waals surface area contributed by atoms with Gasteiger partial charge in [-0.05, 0) is 11.6 Å². The molecule has 0 heterocycles. The minimum absolute atomic E-state index is 0. The lowest BCUT2D eigenvalue weighted by molar-refractivity contribution is 0.405. The van der Waals surface area contributed by atoms with Gasteiger partial charge in [-0.3, -0.25) is 0 Å². The molecule has 0 aliphatic rings. The van der Waals surface area contributed by atoms with Crippen LogP contribution in [0.15, 0.2) is 48.5 Å². The Bertz CT molecular complexity index is 441. The third kappa shape index (κ3) is 2.08. The van der Waals surface area contributed by atoms with Crippen LogP contribution in [0.3, 0.4) is 0 Å². The number of benzene rings is 2. The van der Waals surface area contributed by atoms with E-state index in [-0.39, 0.29) is 17.6 Å². The summed E-state index contributed by atoms with van der Waals surface area (Å²) >= 11 is 0. The van der Waals surface area contributed by atoms with Gasteiger partial charge in [0.25, 0.3) is 0 Å². The fraction of sp³-hybridized carbons (Fsp3) is 0. The summed E-state index contributed by atoms with van der Waals surface area (Å²) in [7, 11) is 0. The number of hydrogen-bond acceptors (Lipinski definition) is 3.